The number of aryl methyl sites for hydroxylation is 1. The van der Waals surface area contributed by atoms with Crippen LogP contribution in [-0.4, -0.2) is 64.3 Å². The van der Waals surface area contributed by atoms with Gasteiger partial charge in [0.05, 0.1) is 45.5 Å². The Bertz CT molecular complexity index is 2640. The number of methoxy groups -OCH3 is 2. The van der Waals surface area contributed by atoms with Crippen LogP contribution < -0.4 is 25.3 Å². The van der Waals surface area contributed by atoms with Gasteiger partial charge in [0.1, 0.15) is 46.6 Å². The molecule has 6 aromatic rings. The monoisotopic (exact) mass is 862 g/mol. The number of rotatable bonds is 16. The van der Waals surface area contributed by atoms with E-state index in [9.17, 15) is 32.6 Å². The van der Waals surface area contributed by atoms with Gasteiger partial charge in [-0.05, 0) is 71.3 Å². The number of benzene rings is 4. The standard InChI is InChI=1S/C41H38F3N6O10P/c1-26-24-49(39(52)46-38(26)51)37-23-35(59-61(53,57-21-7-20-45)60-50-34-22-30(41(42,43)44)14-19-33(34)47-48-50)36(58-37)25-56-40(27-8-5-4-6-9-27,28-10-15-31(54-2)16-11-28)29-12-17-32(55-3)18-13-29/h4-6,8-19,22,24,35-37H,7,21,23,25H2,1-3H3,(H,46,51,52)/t35-,36+,37+,61?/m0/s1. The van der Waals surface area contributed by atoms with Gasteiger partial charge in [0.2, 0.25) is 0 Å². The number of hydrogen-bond acceptors (Lipinski definition) is 13. The molecule has 1 saturated heterocycles. The first kappa shape index (κ1) is 42.8. The van der Waals surface area contributed by atoms with Crippen molar-refractivity contribution in [2.45, 2.75) is 50.0 Å². The van der Waals surface area contributed by atoms with Gasteiger partial charge in [0, 0.05) is 18.2 Å². The van der Waals surface area contributed by atoms with Gasteiger partial charge in [-0.2, -0.15) is 18.4 Å². The zero-order valence-corrected chi connectivity index (χ0v) is 33.7. The Labute approximate surface area is 345 Å². The largest absolute Gasteiger partial charge is 0.550 e. The fraction of sp³-hybridized carbons (Fsp3) is 0.293. The Balaban J connectivity index is 1.31. The Morgan fingerprint density at radius 3 is 2.15 bits per heavy atom. The van der Waals surface area contributed by atoms with Crippen LogP contribution in [0.1, 0.15) is 46.9 Å². The minimum atomic E-state index is -4.97. The summed E-state index contributed by atoms with van der Waals surface area (Å²) in [6.45, 7) is 0.676. The van der Waals surface area contributed by atoms with E-state index in [1.54, 1.807) is 38.5 Å². The summed E-state index contributed by atoms with van der Waals surface area (Å²) in [7, 11) is -1.89. The van der Waals surface area contributed by atoms with E-state index in [-0.39, 0.29) is 36.0 Å². The second-order valence-corrected chi connectivity index (χ2v) is 15.3. The van der Waals surface area contributed by atoms with E-state index in [0.717, 1.165) is 16.7 Å². The molecule has 318 valence electrons. The molecule has 16 nitrogen and oxygen atoms in total. The van der Waals surface area contributed by atoms with Crippen molar-refractivity contribution in [2.24, 2.45) is 0 Å². The molecule has 0 saturated carbocycles. The van der Waals surface area contributed by atoms with Crippen molar-refractivity contribution in [3.63, 3.8) is 0 Å². The minimum Gasteiger partial charge on any atom is -0.497 e. The molecule has 0 amide bonds. The molecule has 61 heavy (non-hydrogen) atoms. The van der Waals surface area contributed by atoms with Crippen molar-refractivity contribution < 1.29 is 50.4 Å². The maximum Gasteiger partial charge on any atom is 0.550 e. The molecule has 1 N–H and O–H groups in total. The molecule has 1 aliphatic rings. The van der Waals surface area contributed by atoms with Crippen molar-refractivity contribution in [3.05, 3.63) is 152 Å². The number of aromatic amines is 1. The lowest BCUT2D eigenvalue weighted by Gasteiger charge is -2.37. The summed E-state index contributed by atoms with van der Waals surface area (Å²) >= 11 is 0. The number of alkyl halides is 3. The Morgan fingerprint density at radius 1 is 0.918 bits per heavy atom. The van der Waals surface area contributed by atoms with Crippen LogP contribution in [0.2, 0.25) is 0 Å². The maximum atomic E-state index is 14.7. The summed E-state index contributed by atoms with van der Waals surface area (Å²) in [4.78, 5) is 28.2. The first-order chi connectivity index (χ1) is 29.3. The molecule has 2 aromatic heterocycles. The number of nitriles is 1. The number of nitrogens with one attached hydrogen (secondary N) is 1. The van der Waals surface area contributed by atoms with Crippen LogP contribution in [0.25, 0.3) is 11.0 Å². The lowest BCUT2D eigenvalue weighted by atomic mass is 9.80. The van der Waals surface area contributed by atoms with E-state index in [0.29, 0.717) is 39.1 Å². The summed E-state index contributed by atoms with van der Waals surface area (Å²) < 4.78 is 98.6. The van der Waals surface area contributed by atoms with Crippen molar-refractivity contribution in [3.8, 4) is 17.6 Å². The van der Waals surface area contributed by atoms with E-state index < -0.39 is 61.5 Å². The Hall–Kier alpha value is -6.29. The topological polar surface area (TPSA) is 191 Å². The van der Waals surface area contributed by atoms with E-state index in [1.807, 2.05) is 60.7 Å². The Kier molecular flexibility index (Phi) is 12.5. The third-order valence-electron chi connectivity index (χ3n) is 9.92. The van der Waals surface area contributed by atoms with E-state index >= 15 is 0 Å². The van der Waals surface area contributed by atoms with E-state index in [1.165, 1.54) is 13.1 Å². The SMILES string of the molecule is COc1ccc(C(OC[C@H]2O[C@@H](n3cc(C)c(=O)[nH]c3=O)C[C@@H]2OP(=O)(OCCC#N)On2nnc3ccc(C(F)(F)F)cc32)(c2ccccc2)c2ccc(OC)cc2)cc1. The molecule has 1 fully saturated rings. The number of aromatic nitrogens is 5. The molecule has 4 aromatic carbocycles. The van der Waals surface area contributed by atoms with E-state index in [2.05, 4.69) is 15.3 Å². The van der Waals surface area contributed by atoms with Gasteiger partial charge >= 0.3 is 19.7 Å². The number of H-pyrrole nitrogens is 1. The second kappa shape index (κ2) is 17.7. The highest BCUT2D eigenvalue weighted by molar-refractivity contribution is 7.48. The molecule has 3 heterocycles. The van der Waals surface area contributed by atoms with Crippen LogP contribution in [0.3, 0.4) is 0 Å². The number of fused-ring (bicyclic) bond motifs is 1. The highest BCUT2D eigenvalue weighted by Crippen LogP contribution is 2.51. The van der Waals surface area contributed by atoms with Gasteiger partial charge in [-0.15, -0.1) is 5.10 Å². The van der Waals surface area contributed by atoms with Crippen LogP contribution in [0.5, 0.6) is 11.5 Å². The van der Waals surface area contributed by atoms with Crippen LogP contribution in [0.4, 0.5) is 13.2 Å². The number of hydrogen-bond donors (Lipinski definition) is 1. The zero-order chi connectivity index (χ0) is 43.4. The van der Waals surface area contributed by atoms with E-state index in [4.69, 9.17) is 32.6 Å². The summed E-state index contributed by atoms with van der Waals surface area (Å²) in [6.07, 6.45) is -7.59. The molecule has 0 bridgehead atoms. The quantitative estimate of drug-likeness (QED) is 0.0633. The minimum absolute atomic E-state index is 0.0331. The second-order valence-electron chi connectivity index (χ2n) is 13.7. The van der Waals surface area contributed by atoms with Crippen molar-refractivity contribution in [1.29, 1.82) is 5.26 Å². The van der Waals surface area contributed by atoms with Crippen LogP contribution in [0, 0.1) is 18.3 Å². The van der Waals surface area contributed by atoms with Crippen LogP contribution >= 0.6 is 7.82 Å². The van der Waals surface area contributed by atoms with Crippen LogP contribution in [-0.2, 0) is 34.9 Å². The smallest absolute Gasteiger partial charge is 0.497 e. The average Bonchev–Trinajstić information content (AvgIpc) is 3.85. The summed E-state index contributed by atoms with van der Waals surface area (Å²) in [5.74, 6) is 1.17. The fourth-order valence-corrected chi connectivity index (χ4v) is 8.21. The van der Waals surface area contributed by atoms with Gasteiger partial charge in [-0.1, -0.05) is 59.4 Å². The van der Waals surface area contributed by atoms with Gasteiger partial charge in [0.25, 0.3) is 5.56 Å². The third kappa shape index (κ3) is 9.09. The van der Waals surface area contributed by atoms with Gasteiger partial charge in [-0.3, -0.25) is 28.0 Å². The lowest BCUT2D eigenvalue weighted by molar-refractivity contribution is -0.137. The zero-order valence-electron chi connectivity index (χ0n) is 32.8. The van der Waals surface area contributed by atoms with Gasteiger partial charge in [-0.25, -0.2) is 9.36 Å². The number of nitrogens with zero attached hydrogens (tertiary/aromatic N) is 5. The number of phosphoric ester groups is 1. The number of phosphoric acid groups is 1. The molecular weight excluding hydrogens is 824 g/mol. The van der Waals surface area contributed by atoms with Gasteiger partial charge in [0.15, 0.2) is 0 Å². The predicted molar refractivity (Wildman–Crippen MR) is 211 cm³/mol. The van der Waals surface area contributed by atoms with Crippen molar-refractivity contribution in [2.75, 3.05) is 27.4 Å². The summed E-state index contributed by atoms with van der Waals surface area (Å²) in [5.41, 5.74) is -2.01. The molecule has 4 atom stereocenters. The van der Waals surface area contributed by atoms with Gasteiger partial charge < -0.3 is 18.9 Å². The Morgan fingerprint density at radius 2 is 1.54 bits per heavy atom. The first-order valence-electron chi connectivity index (χ1n) is 18.7. The number of ether oxygens (including phenoxy) is 4. The summed E-state index contributed by atoms with van der Waals surface area (Å²) in [6, 6.07) is 28.1. The highest BCUT2D eigenvalue weighted by Gasteiger charge is 2.47. The molecule has 0 aliphatic carbocycles. The average molecular weight is 863 g/mol. The molecule has 0 radical (unpaired) electrons. The maximum absolute atomic E-state index is 14.7. The molecule has 0 spiro atoms. The van der Waals surface area contributed by atoms with Crippen molar-refractivity contribution >= 4 is 18.9 Å². The lowest BCUT2D eigenvalue weighted by Crippen LogP contribution is -2.38. The highest BCUT2D eigenvalue weighted by atomic mass is 31.2. The normalized spacial score (nSPS) is 17.8. The van der Waals surface area contributed by atoms with Crippen LogP contribution in [0.15, 0.2) is 113 Å². The first-order valence-corrected chi connectivity index (χ1v) is 20.1. The molecule has 7 rings (SSSR count). The number of halogens is 3. The molecule has 1 unspecified atom stereocenters. The molecule has 1 aliphatic heterocycles. The molecular formula is C41H38F3N6O10P. The summed E-state index contributed by atoms with van der Waals surface area (Å²) in [5, 5.41) is 16.8. The fourth-order valence-electron chi connectivity index (χ4n) is 6.89. The van der Waals surface area contributed by atoms with Crippen molar-refractivity contribution in [1.82, 2.24) is 24.7 Å². The molecule has 20 heteroatoms. The third-order valence-corrected chi connectivity index (χ3v) is 11.3. The predicted octanol–water partition coefficient (Wildman–Crippen LogP) is 6.47.